The fourth-order valence-electron chi connectivity index (χ4n) is 3.59. The lowest BCUT2D eigenvalue weighted by atomic mass is 10.1. The van der Waals surface area contributed by atoms with E-state index in [9.17, 15) is 18.0 Å². The van der Waals surface area contributed by atoms with E-state index in [1.807, 2.05) is 26.8 Å². The van der Waals surface area contributed by atoms with Gasteiger partial charge in [0.15, 0.2) is 0 Å². The van der Waals surface area contributed by atoms with Crippen molar-refractivity contribution in [2.24, 2.45) is 0 Å². The number of hydrogen-bond acceptors (Lipinski definition) is 5. The molecule has 0 aliphatic carbocycles. The molecular weight excluding hydrogens is 525 g/mol. The Kier molecular flexibility index (Phi) is 10.0. The van der Waals surface area contributed by atoms with E-state index in [4.69, 9.17) is 27.9 Å². The molecule has 2 aromatic rings. The van der Waals surface area contributed by atoms with Crippen LogP contribution in [0.4, 0.5) is 5.69 Å². The Morgan fingerprint density at radius 3 is 2.28 bits per heavy atom. The summed E-state index contributed by atoms with van der Waals surface area (Å²) in [5.41, 5.74) is 0.396. The molecule has 2 rings (SSSR count). The fourth-order valence-corrected chi connectivity index (χ4v) is 4.73. The number of ether oxygens (including phenoxy) is 1. The monoisotopic (exact) mass is 557 g/mol. The van der Waals surface area contributed by atoms with Crippen LogP contribution in [0.25, 0.3) is 0 Å². The van der Waals surface area contributed by atoms with E-state index in [0.717, 1.165) is 16.1 Å². The smallest absolute Gasteiger partial charge is 0.244 e. The molecule has 0 heterocycles. The molecule has 0 saturated heterocycles. The Bertz CT molecular complexity index is 1200. The standard InChI is InChI=1S/C25H33Cl2N3O5S/c1-7-22(24(32)28-25(2,3)4)29(15-17-9-8-10-19(13-17)35-5)23(31)16-30(36(6,33)34)18-11-12-20(26)21(27)14-18/h8-14,22H,7,15-16H2,1-6H3,(H,28,32). The SMILES string of the molecule is CCC(C(=O)NC(C)(C)C)N(Cc1cccc(OC)c1)C(=O)CN(c1ccc(Cl)c(Cl)c1)S(C)(=O)=O. The summed E-state index contributed by atoms with van der Waals surface area (Å²) >= 11 is 12.1. The van der Waals surface area contributed by atoms with E-state index in [1.54, 1.807) is 25.1 Å². The number of carbonyl (C=O) groups excluding carboxylic acids is 2. The number of carbonyl (C=O) groups is 2. The Labute approximate surface area is 223 Å². The van der Waals surface area contributed by atoms with Gasteiger partial charge in [-0.3, -0.25) is 13.9 Å². The van der Waals surface area contributed by atoms with Crippen molar-refractivity contribution in [1.29, 1.82) is 0 Å². The number of amides is 2. The first kappa shape index (κ1) is 29.7. The van der Waals surface area contributed by atoms with Gasteiger partial charge in [0.25, 0.3) is 0 Å². The van der Waals surface area contributed by atoms with Crippen molar-refractivity contribution in [3.8, 4) is 5.75 Å². The van der Waals surface area contributed by atoms with Crippen molar-refractivity contribution in [1.82, 2.24) is 10.2 Å². The van der Waals surface area contributed by atoms with Crippen molar-refractivity contribution >= 4 is 50.7 Å². The van der Waals surface area contributed by atoms with Crippen molar-refractivity contribution in [3.63, 3.8) is 0 Å². The van der Waals surface area contributed by atoms with Gasteiger partial charge in [0, 0.05) is 12.1 Å². The second-order valence-corrected chi connectivity index (χ2v) is 12.1. The van der Waals surface area contributed by atoms with Crippen molar-refractivity contribution in [2.45, 2.75) is 52.2 Å². The summed E-state index contributed by atoms with van der Waals surface area (Å²) in [5, 5.41) is 3.33. The molecule has 0 aromatic heterocycles. The van der Waals surface area contributed by atoms with E-state index >= 15 is 0 Å². The fraction of sp³-hybridized carbons (Fsp3) is 0.440. The van der Waals surface area contributed by atoms with Crippen LogP contribution in [-0.4, -0.2) is 56.6 Å². The molecule has 8 nitrogen and oxygen atoms in total. The molecule has 2 aromatic carbocycles. The van der Waals surface area contributed by atoms with Crippen LogP contribution in [0.1, 0.15) is 39.7 Å². The van der Waals surface area contributed by atoms with Crippen LogP contribution in [-0.2, 0) is 26.2 Å². The Hall–Kier alpha value is -2.49. The summed E-state index contributed by atoms with van der Waals surface area (Å²) < 4.78 is 31.6. The molecule has 198 valence electrons. The predicted molar refractivity (Wildman–Crippen MR) is 144 cm³/mol. The summed E-state index contributed by atoms with van der Waals surface area (Å²) in [6.07, 6.45) is 1.32. The van der Waals surface area contributed by atoms with Crippen molar-refractivity contribution < 1.29 is 22.7 Å². The third kappa shape index (κ3) is 8.28. The first-order valence-corrected chi connectivity index (χ1v) is 13.9. The molecular formula is C25H33Cl2N3O5S. The number of benzene rings is 2. The highest BCUT2D eigenvalue weighted by Crippen LogP contribution is 2.29. The molecule has 0 saturated carbocycles. The minimum Gasteiger partial charge on any atom is -0.497 e. The number of methoxy groups -OCH3 is 1. The van der Waals surface area contributed by atoms with Crippen LogP contribution >= 0.6 is 23.2 Å². The van der Waals surface area contributed by atoms with Gasteiger partial charge in [-0.05, 0) is 63.1 Å². The van der Waals surface area contributed by atoms with Crippen LogP contribution in [0.15, 0.2) is 42.5 Å². The number of anilines is 1. The van der Waals surface area contributed by atoms with E-state index in [-0.39, 0.29) is 28.2 Å². The van der Waals surface area contributed by atoms with Gasteiger partial charge in [0.05, 0.1) is 29.1 Å². The van der Waals surface area contributed by atoms with Gasteiger partial charge >= 0.3 is 0 Å². The molecule has 1 N–H and O–H groups in total. The number of sulfonamides is 1. The predicted octanol–water partition coefficient (Wildman–Crippen LogP) is 4.49. The first-order chi connectivity index (χ1) is 16.7. The third-order valence-corrected chi connectivity index (χ3v) is 7.12. The highest BCUT2D eigenvalue weighted by Gasteiger charge is 2.33. The van der Waals surface area contributed by atoms with Gasteiger partial charge in [-0.25, -0.2) is 8.42 Å². The molecule has 1 atom stereocenters. The maximum absolute atomic E-state index is 13.7. The van der Waals surface area contributed by atoms with E-state index < -0.39 is 34.1 Å². The Balaban J connectivity index is 2.49. The molecule has 0 radical (unpaired) electrons. The Morgan fingerprint density at radius 2 is 1.75 bits per heavy atom. The number of hydrogen-bond donors (Lipinski definition) is 1. The van der Waals surface area contributed by atoms with Crippen LogP contribution in [0, 0.1) is 0 Å². The molecule has 36 heavy (non-hydrogen) atoms. The quantitative estimate of drug-likeness (QED) is 0.464. The minimum absolute atomic E-state index is 0.0745. The summed E-state index contributed by atoms with van der Waals surface area (Å²) in [5.74, 6) is -0.285. The highest BCUT2D eigenvalue weighted by atomic mass is 35.5. The number of rotatable bonds is 10. The van der Waals surface area contributed by atoms with Crippen molar-refractivity contribution in [2.75, 3.05) is 24.2 Å². The van der Waals surface area contributed by atoms with Gasteiger partial charge in [-0.2, -0.15) is 0 Å². The Morgan fingerprint density at radius 1 is 1.08 bits per heavy atom. The zero-order chi connectivity index (χ0) is 27.3. The number of nitrogens with zero attached hydrogens (tertiary/aromatic N) is 2. The second kappa shape index (κ2) is 12.2. The average Bonchev–Trinajstić information content (AvgIpc) is 2.77. The summed E-state index contributed by atoms with van der Waals surface area (Å²) in [7, 11) is -2.34. The van der Waals surface area contributed by atoms with Gasteiger partial charge in [0.2, 0.25) is 21.8 Å². The van der Waals surface area contributed by atoms with Gasteiger partial charge in [-0.15, -0.1) is 0 Å². The highest BCUT2D eigenvalue weighted by molar-refractivity contribution is 7.92. The van der Waals surface area contributed by atoms with Gasteiger partial charge in [-0.1, -0.05) is 42.3 Å². The molecule has 0 fully saturated rings. The molecule has 0 aliphatic heterocycles. The lowest BCUT2D eigenvalue weighted by molar-refractivity contribution is -0.141. The van der Waals surface area contributed by atoms with Crippen LogP contribution in [0.5, 0.6) is 5.75 Å². The zero-order valence-corrected chi connectivity index (χ0v) is 23.7. The molecule has 1 unspecified atom stereocenters. The van der Waals surface area contributed by atoms with Crippen LogP contribution in [0.2, 0.25) is 10.0 Å². The van der Waals surface area contributed by atoms with Crippen molar-refractivity contribution in [3.05, 3.63) is 58.1 Å². The van der Waals surface area contributed by atoms with Crippen LogP contribution < -0.4 is 14.4 Å². The summed E-state index contributed by atoms with van der Waals surface area (Å²) in [6, 6.07) is 10.6. The maximum Gasteiger partial charge on any atom is 0.244 e. The lowest BCUT2D eigenvalue weighted by Gasteiger charge is -2.34. The maximum atomic E-state index is 13.7. The van der Waals surface area contributed by atoms with Crippen LogP contribution in [0.3, 0.4) is 0 Å². The summed E-state index contributed by atoms with van der Waals surface area (Å²) in [4.78, 5) is 28.3. The zero-order valence-electron chi connectivity index (χ0n) is 21.3. The molecule has 2 amide bonds. The molecule has 11 heteroatoms. The molecule has 0 spiro atoms. The normalized spacial score (nSPS) is 12.6. The number of halogens is 2. The van der Waals surface area contributed by atoms with E-state index in [0.29, 0.717) is 12.2 Å². The van der Waals surface area contributed by atoms with E-state index in [2.05, 4.69) is 5.32 Å². The molecule has 0 aliphatic rings. The lowest BCUT2D eigenvalue weighted by Crippen LogP contribution is -2.55. The third-order valence-electron chi connectivity index (χ3n) is 5.24. The topological polar surface area (TPSA) is 96.0 Å². The largest absolute Gasteiger partial charge is 0.497 e. The minimum atomic E-state index is -3.88. The van der Waals surface area contributed by atoms with Gasteiger partial charge in [0.1, 0.15) is 18.3 Å². The van der Waals surface area contributed by atoms with E-state index in [1.165, 1.54) is 30.2 Å². The number of nitrogens with one attached hydrogen (secondary N) is 1. The molecule has 0 bridgehead atoms. The first-order valence-electron chi connectivity index (χ1n) is 11.3. The second-order valence-electron chi connectivity index (χ2n) is 9.40. The average molecular weight is 559 g/mol. The van der Waals surface area contributed by atoms with Gasteiger partial charge < -0.3 is 15.0 Å². The summed E-state index contributed by atoms with van der Waals surface area (Å²) in [6.45, 7) is 6.89.